The predicted molar refractivity (Wildman–Crippen MR) is 95.1 cm³/mol. The lowest BCUT2D eigenvalue weighted by Crippen LogP contribution is -2.48. The summed E-state index contributed by atoms with van der Waals surface area (Å²) in [6, 6.07) is 3.81. The summed E-state index contributed by atoms with van der Waals surface area (Å²) in [5.41, 5.74) is 1.74. The van der Waals surface area contributed by atoms with Crippen LogP contribution in [0.2, 0.25) is 0 Å². The van der Waals surface area contributed by atoms with E-state index in [1.165, 1.54) is 14.2 Å². The van der Waals surface area contributed by atoms with Gasteiger partial charge in [0.1, 0.15) is 12.0 Å². The van der Waals surface area contributed by atoms with Crippen LogP contribution in [0.15, 0.2) is 12.1 Å². The van der Waals surface area contributed by atoms with Crippen molar-refractivity contribution in [3.63, 3.8) is 0 Å². The summed E-state index contributed by atoms with van der Waals surface area (Å²) >= 11 is 0. The molecule has 0 saturated carbocycles. The van der Waals surface area contributed by atoms with Crippen molar-refractivity contribution in [2.45, 2.75) is 39.0 Å². The summed E-state index contributed by atoms with van der Waals surface area (Å²) in [6.07, 6.45) is 1.79. The fourth-order valence-electron chi connectivity index (χ4n) is 4.25. The van der Waals surface area contributed by atoms with Crippen molar-refractivity contribution in [1.82, 2.24) is 0 Å². The first kappa shape index (κ1) is 19.9. The van der Waals surface area contributed by atoms with Crippen LogP contribution in [0.25, 0.3) is 0 Å². The minimum absolute atomic E-state index is 0.00392. The van der Waals surface area contributed by atoms with E-state index in [1.807, 2.05) is 19.1 Å². The predicted octanol–water partition coefficient (Wildman–Crippen LogP) is 2.59. The van der Waals surface area contributed by atoms with Crippen molar-refractivity contribution in [3.05, 3.63) is 28.8 Å². The molecule has 6 heteroatoms. The number of rotatable bonds is 6. The van der Waals surface area contributed by atoms with Crippen molar-refractivity contribution in [3.8, 4) is 5.75 Å². The van der Waals surface area contributed by atoms with Crippen LogP contribution < -0.4 is 4.74 Å². The van der Waals surface area contributed by atoms with Crippen molar-refractivity contribution in [1.29, 1.82) is 0 Å². The van der Waals surface area contributed by atoms with Gasteiger partial charge < -0.3 is 19.0 Å². The van der Waals surface area contributed by atoms with Crippen molar-refractivity contribution in [2.24, 2.45) is 11.3 Å². The third-order valence-electron chi connectivity index (χ3n) is 5.64. The highest BCUT2D eigenvalue weighted by atomic mass is 16.5. The highest BCUT2D eigenvalue weighted by molar-refractivity contribution is 5.85. The summed E-state index contributed by atoms with van der Waals surface area (Å²) in [6.45, 7) is 3.63. The van der Waals surface area contributed by atoms with E-state index in [0.29, 0.717) is 12.8 Å². The fourth-order valence-corrected chi connectivity index (χ4v) is 4.25. The van der Waals surface area contributed by atoms with Gasteiger partial charge in [-0.3, -0.25) is 9.59 Å². The van der Waals surface area contributed by atoms with Crippen LogP contribution in [0.5, 0.6) is 5.75 Å². The van der Waals surface area contributed by atoms with Gasteiger partial charge in [0.15, 0.2) is 0 Å². The number of benzene rings is 1. The second-order valence-electron chi connectivity index (χ2n) is 6.81. The highest BCUT2D eigenvalue weighted by Crippen LogP contribution is 2.53. The largest absolute Gasteiger partial charge is 0.497 e. The average molecular weight is 362 g/mol. The van der Waals surface area contributed by atoms with Crippen LogP contribution in [-0.2, 0) is 30.3 Å². The zero-order valence-electron chi connectivity index (χ0n) is 16.0. The molecule has 0 spiro atoms. The fraction of sp³-hybridized carbons (Fsp3) is 0.550. The molecular formula is C20H26O6. The third-order valence-corrected chi connectivity index (χ3v) is 5.64. The van der Waals surface area contributed by atoms with Crippen LogP contribution in [0.1, 0.15) is 42.4 Å². The number of fused-ring (bicyclic) bond motifs is 1. The molecule has 1 unspecified atom stereocenters. The van der Waals surface area contributed by atoms with Crippen LogP contribution in [0.4, 0.5) is 0 Å². The van der Waals surface area contributed by atoms with Crippen molar-refractivity contribution >= 4 is 18.2 Å². The lowest BCUT2D eigenvalue weighted by Gasteiger charge is -2.45. The maximum absolute atomic E-state index is 12.9. The summed E-state index contributed by atoms with van der Waals surface area (Å²) in [4.78, 5) is 36.7. The van der Waals surface area contributed by atoms with E-state index in [2.05, 4.69) is 0 Å². The lowest BCUT2D eigenvalue weighted by atomic mass is 9.57. The molecule has 1 aromatic carbocycles. The Morgan fingerprint density at radius 2 is 1.96 bits per heavy atom. The van der Waals surface area contributed by atoms with Crippen molar-refractivity contribution in [2.75, 3.05) is 21.3 Å². The van der Waals surface area contributed by atoms with Gasteiger partial charge in [0.2, 0.25) is 0 Å². The molecule has 0 N–H and O–H groups in total. The normalized spacial score (nSPS) is 22.7. The Labute approximate surface area is 153 Å². The first-order valence-corrected chi connectivity index (χ1v) is 8.63. The van der Waals surface area contributed by atoms with E-state index in [9.17, 15) is 14.4 Å². The zero-order valence-corrected chi connectivity index (χ0v) is 16.0. The number of aldehydes is 1. The molecule has 26 heavy (non-hydrogen) atoms. The summed E-state index contributed by atoms with van der Waals surface area (Å²) in [5.74, 6) is -1.26. The van der Waals surface area contributed by atoms with Gasteiger partial charge in [-0.1, -0.05) is 6.92 Å². The highest BCUT2D eigenvalue weighted by Gasteiger charge is 2.54. The molecule has 0 aromatic heterocycles. The Balaban J connectivity index is 2.72. The second kappa shape index (κ2) is 7.89. The van der Waals surface area contributed by atoms with Crippen LogP contribution in [0, 0.1) is 18.3 Å². The van der Waals surface area contributed by atoms with Gasteiger partial charge in [-0.05, 0) is 48.6 Å². The van der Waals surface area contributed by atoms with E-state index < -0.39 is 29.2 Å². The van der Waals surface area contributed by atoms with Gasteiger partial charge in [-0.25, -0.2) is 0 Å². The summed E-state index contributed by atoms with van der Waals surface area (Å²) in [5, 5.41) is 0. The molecule has 0 bridgehead atoms. The zero-order chi connectivity index (χ0) is 19.5. The topological polar surface area (TPSA) is 78.9 Å². The molecule has 0 fully saturated rings. The number of methoxy groups -OCH3 is 3. The maximum atomic E-state index is 12.9. The number of carbonyl (C=O) groups is 3. The molecule has 0 saturated heterocycles. The van der Waals surface area contributed by atoms with Gasteiger partial charge in [0, 0.05) is 11.8 Å². The van der Waals surface area contributed by atoms with Crippen molar-refractivity contribution < 1.29 is 28.6 Å². The van der Waals surface area contributed by atoms with Crippen LogP contribution >= 0.6 is 0 Å². The van der Waals surface area contributed by atoms with Gasteiger partial charge in [0.25, 0.3) is 0 Å². The van der Waals surface area contributed by atoms with E-state index in [-0.39, 0.29) is 6.42 Å². The molecule has 0 aliphatic heterocycles. The lowest BCUT2D eigenvalue weighted by molar-refractivity contribution is -0.162. The van der Waals surface area contributed by atoms with Crippen LogP contribution in [-0.4, -0.2) is 39.6 Å². The maximum Gasteiger partial charge on any atom is 0.313 e. The van der Waals surface area contributed by atoms with Gasteiger partial charge in [0.05, 0.1) is 33.2 Å². The van der Waals surface area contributed by atoms with E-state index >= 15 is 0 Å². The Morgan fingerprint density at radius 1 is 1.27 bits per heavy atom. The molecule has 0 amide bonds. The number of esters is 2. The third kappa shape index (κ3) is 3.20. The molecule has 6 nitrogen and oxygen atoms in total. The minimum atomic E-state index is -1.10. The number of ether oxygens (including phenoxy) is 3. The molecular weight excluding hydrogens is 336 g/mol. The first-order chi connectivity index (χ1) is 12.3. The molecule has 0 heterocycles. The standard InChI is InChI=1S/C20H26O6/c1-12-8-15(24-3)9-14-6-7-20(13(2)11-21,19(23)26-5)16(18(12)14)10-17(22)25-4/h8-9,11,13,16H,6-7,10H2,1-5H3/t13?,16-,20+/m0/s1. The average Bonchev–Trinajstić information content (AvgIpc) is 2.66. The SMILES string of the molecule is COC(=O)C[C@H]1c2c(C)cc(OC)cc2CC[C@@]1(C(=O)OC)C(C)C=O. The molecule has 1 aliphatic carbocycles. The van der Waals surface area contributed by atoms with Gasteiger partial charge >= 0.3 is 11.9 Å². The summed E-state index contributed by atoms with van der Waals surface area (Å²) < 4.78 is 15.3. The Bertz CT molecular complexity index is 710. The molecule has 142 valence electrons. The van der Waals surface area contributed by atoms with Gasteiger partial charge in [-0.2, -0.15) is 0 Å². The Kier molecular flexibility index (Phi) is 6.05. The molecule has 0 radical (unpaired) electrons. The first-order valence-electron chi connectivity index (χ1n) is 8.63. The quantitative estimate of drug-likeness (QED) is 0.572. The van der Waals surface area contributed by atoms with Gasteiger partial charge in [-0.15, -0.1) is 0 Å². The number of hydrogen-bond acceptors (Lipinski definition) is 6. The molecule has 1 aliphatic rings. The number of carbonyl (C=O) groups excluding carboxylic acids is 3. The monoisotopic (exact) mass is 362 g/mol. The summed E-state index contributed by atoms with van der Waals surface area (Å²) in [7, 11) is 4.23. The number of aryl methyl sites for hydroxylation is 2. The Hall–Kier alpha value is -2.37. The number of hydrogen-bond donors (Lipinski definition) is 0. The molecule has 3 atom stereocenters. The minimum Gasteiger partial charge on any atom is -0.497 e. The van der Waals surface area contributed by atoms with E-state index in [0.717, 1.165) is 28.7 Å². The second-order valence-corrected chi connectivity index (χ2v) is 6.81. The molecule has 2 rings (SSSR count). The van der Waals surface area contributed by atoms with E-state index in [1.54, 1.807) is 14.0 Å². The smallest absolute Gasteiger partial charge is 0.313 e. The molecule has 1 aromatic rings. The van der Waals surface area contributed by atoms with Crippen LogP contribution in [0.3, 0.4) is 0 Å². The Morgan fingerprint density at radius 3 is 2.50 bits per heavy atom. The van der Waals surface area contributed by atoms with E-state index in [4.69, 9.17) is 14.2 Å².